The van der Waals surface area contributed by atoms with Gasteiger partial charge in [-0.3, -0.25) is 4.90 Å². The average Bonchev–Trinajstić information content (AvgIpc) is 2.39. The molecule has 2 nitrogen and oxygen atoms in total. The molecular formula is C12H23F3N2. The molecule has 2 unspecified atom stereocenters. The Morgan fingerprint density at radius 1 is 1.29 bits per heavy atom. The van der Waals surface area contributed by atoms with Crippen LogP contribution >= 0.6 is 0 Å². The van der Waals surface area contributed by atoms with Crippen molar-refractivity contribution in [1.82, 2.24) is 10.2 Å². The Bertz CT molecular complexity index is 228. The molecule has 1 saturated heterocycles. The van der Waals surface area contributed by atoms with E-state index < -0.39 is 18.6 Å². The number of nitrogens with one attached hydrogen (secondary N) is 1. The third-order valence-electron chi connectivity index (χ3n) is 3.41. The summed E-state index contributed by atoms with van der Waals surface area (Å²) in [4.78, 5) is 1.97. The van der Waals surface area contributed by atoms with Gasteiger partial charge in [0.15, 0.2) is 0 Å². The maximum atomic E-state index is 12.4. The minimum Gasteiger partial charge on any atom is -0.312 e. The summed E-state index contributed by atoms with van der Waals surface area (Å²) >= 11 is 0. The second-order valence-electron chi connectivity index (χ2n) is 5.32. The normalized spacial score (nSPS) is 25.9. The molecule has 0 aromatic carbocycles. The lowest BCUT2D eigenvalue weighted by Gasteiger charge is -2.32. The predicted octanol–water partition coefficient (Wildman–Crippen LogP) is 2.65. The molecule has 5 heteroatoms. The van der Waals surface area contributed by atoms with Crippen molar-refractivity contribution < 1.29 is 13.2 Å². The predicted molar refractivity (Wildman–Crippen MR) is 63.0 cm³/mol. The van der Waals surface area contributed by atoms with E-state index in [2.05, 4.69) is 19.2 Å². The van der Waals surface area contributed by atoms with E-state index in [9.17, 15) is 13.2 Å². The van der Waals surface area contributed by atoms with Crippen LogP contribution in [0.25, 0.3) is 0 Å². The van der Waals surface area contributed by atoms with Crippen molar-refractivity contribution in [2.24, 2.45) is 5.92 Å². The van der Waals surface area contributed by atoms with Gasteiger partial charge in [-0.25, -0.2) is 0 Å². The molecule has 1 heterocycles. The van der Waals surface area contributed by atoms with Crippen LogP contribution in [0.1, 0.15) is 33.6 Å². The largest absolute Gasteiger partial charge is 0.390 e. The zero-order valence-electron chi connectivity index (χ0n) is 10.8. The Labute approximate surface area is 102 Å². The van der Waals surface area contributed by atoms with Crippen LogP contribution in [0.2, 0.25) is 0 Å². The molecule has 1 aliphatic heterocycles. The second-order valence-corrected chi connectivity index (χ2v) is 5.32. The first-order chi connectivity index (χ1) is 7.79. The van der Waals surface area contributed by atoms with Crippen molar-refractivity contribution in [2.75, 3.05) is 19.6 Å². The third-order valence-corrected chi connectivity index (χ3v) is 3.41. The van der Waals surface area contributed by atoms with E-state index in [0.717, 1.165) is 26.1 Å². The summed E-state index contributed by atoms with van der Waals surface area (Å²) in [7, 11) is 0. The number of alkyl halides is 3. The molecule has 0 aliphatic carbocycles. The fraction of sp³-hybridized carbons (Fsp3) is 1.00. The van der Waals surface area contributed by atoms with Gasteiger partial charge in [0.05, 0.1) is 6.42 Å². The Morgan fingerprint density at radius 3 is 2.47 bits per heavy atom. The van der Waals surface area contributed by atoms with E-state index in [1.54, 1.807) is 6.92 Å². The molecule has 0 aromatic rings. The lowest BCUT2D eigenvalue weighted by atomic mass is 10.0. The van der Waals surface area contributed by atoms with Crippen LogP contribution in [0.4, 0.5) is 13.2 Å². The number of halogens is 3. The van der Waals surface area contributed by atoms with Gasteiger partial charge in [0.25, 0.3) is 0 Å². The van der Waals surface area contributed by atoms with Gasteiger partial charge >= 0.3 is 6.18 Å². The van der Waals surface area contributed by atoms with E-state index >= 15 is 0 Å². The SMILES string of the molecule is CC(C)C1CN(C(C)CC(F)(F)F)CCCN1. The summed E-state index contributed by atoms with van der Waals surface area (Å²) in [6.45, 7) is 8.27. The van der Waals surface area contributed by atoms with Crippen LogP contribution in [0, 0.1) is 5.92 Å². The highest BCUT2D eigenvalue weighted by atomic mass is 19.4. The molecule has 0 saturated carbocycles. The first kappa shape index (κ1) is 14.8. The highest BCUT2D eigenvalue weighted by molar-refractivity contribution is 4.82. The first-order valence-electron chi connectivity index (χ1n) is 6.34. The van der Waals surface area contributed by atoms with Crippen molar-refractivity contribution in [2.45, 2.75) is 51.9 Å². The first-order valence-corrected chi connectivity index (χ1v) is 6.34. The molecule has 0 spiro atoms. The van der Waals surface area contributed by atoms with Gasteiger partial charge in [-0.05, 0) is 32.4 Å². The van der Waals surface area contributed by atoms with Gasteiger partial charge in [-0.1, -0.05) is 13.8 Å². The highest BCUT2D eigenvalue weighted by Gasteiger charge is 2.33. The molecule has 0 radical (unpaired) electrons. The monoisotopic (exact) mass is 252 g/mol. The maximum Gasteiger partial charge on any atom is 0.390 e. The van der Waals surface area contributed by atoms with Crippen molar-refractivity contribution in [3.8, 4) is 0 Å². The molecule has 1 rings (SSSR count). The van der Waals surface area contributed by atoms with Crippen LogP contribution in [0.15, 0.2) is 0 Å². The molecule has 0 amide bonds. The van der Waals surface area contributed by atoms with E-state index in [0.29, 0.717) is 12.0 Å². The minimum absolute atomic E-state index is 0.299. The number of hydrogen-bond donors (Lipinski definition) is 1. The van der Waals surface area contributed by atoms with Crippen LogP contribution in [0.3, 0.4) is 0 Å². The van der Waals surface area contributed by atoms with Gasteiger partial charge in [0.1, 0.15) is 0 Å². The van der Waals surface area contributed by atoms with E-state index in [4.69, 9.17) is 0 Å². The zero-order valence-corrected chi connectivity index (χ0v) is 10.8. The number of rotatable bonds is 3. The van der Waals surface area contributed by atoms with Crippen LogP contribution in [-0.4, -0.2) is 42.8 Å². The summed E-state index contributed by atoms with van der Waals surface area (Å²) < 4.78 is 37.1. The van der Waals surface area contributed by atoms with Crippen LogP contribution < -0.4 is 5.32 Å². The van der Waals surface area contributed by atoms with E-state index in [1.165, 1.54) is 0 Å². The molecule has 1 fully saturated rings. The Balaban J connectivity index is 2.56. The Kier molecular flexibility index (Phi) is 5.25. The number of nitrogens with zero attached hydrogens (tertiary/aromatic N) is 1. The van der Waals surface area contributed by atoms with E-state index in [-0.39, 0.29) is 0 Å². The molecule has 2 atom stereocenters. The number of hydrogen-bond acceptors (Lipinski definition) is 2. The van der Waals surface area contributed by atoms with Crippen molar-refractivity contribution in [3.63, 3.8) is 0 Å². The minimum atomic E-state index is -4.06. The topological polar surface area (TPSA) is 15.3 Å². The quantitative estimate of drug-likeness (QED) is 0.830. The van der Waals surface area contributed by atoms with Crippen LogP contribution in [0.5, 0.6) is 0 Å². The van der Waals surface area contributed by atoms with Gasteiger partial charge in [0, 0.05) is 18.6 Å². The molecule has 1 N–H and O–H groups in total. The average molecular weight is 252 g/mol. The highest BCUT2D eigenvalue weighted by Crippen LogP contribution is 2.24. The summed E-state index contributed by atoms with van der Waals surface area (Å²) in [5, 5.41) is 3.41. The standard InChI is InChI=1S/C12H23F3N2/c1-9(2)11-8-17(6-4-5-16-11)10(3)7-12(13,14)15/h9-11,16H,4-8H2,1-3H3. The Hall–Kier alpha value is -0.290. The van der Waals surface area contributed by atoms with Gasteiger partial charge in [-0.2, -0.15) is 13.2 Å². The van der Waals surface area contributed by atoms with Gasteiger partial charge in [-0.15, -0.1) is 0 Å². The van der Waals surface area contributed by atoms with Crippen molar-refractivity contribution in [3.05, 3.63) is 0 Å². The molecule has 17 heavy (non-hydrogen) atoms. The van der Waals surface area contributed by atoms with Gasteiger partial charge in [0.2, 0.25) is 0 Å². The lowest BCUT2D eigenvalue weighted by molar-refractivity contribution is -0.146. The summed E-state index contributed by atoms with van der Waals surface area (Å²) in [6, 6.07) is -0.121. The summed E-state index contributed by atoms with van der Waals surface area (Å²) in [6.07, 6.45) is -3.85. The molecular weight excluding hydrogens is 229 g/mol. The van der Waals surface area contributed by atoms with E-state index in [1.807, 2.05) is 4.90 Å². The molecule has 0 aromatic heterocycles. The Morgan fingerprint density at radius 2 is 1.94 bits per heavy atom. The second kappa shape index (κ2) is 6.05. The molecule has 1 aliphatic rings. The summed E-state index contributed by atoms with van der Waals surface area (Å²) in [5.41, 5.74) is 0. The van der Waals surface area contributed by atoms with Crippen molar-refractivity contribution in [1.29, 1.82) is 0 Å². The fourth-order valence-electron chi connectivity index (χ4n) is 2.29. The van der Waals surface area contributed by atoms with Gasteiger partial charge < -0.3 is 5.32 Å². The van der Waals surface area contributed by atoms with Crippen molar-refractivity contribution >= 4 is 0 Å². The van der Waals surface area contributed by atoms with Crippen LogP contribution in [-0.2, 0) is 0 Å². The lowest BCUT2D eigenvalue weighted by Crippen LogP contribution is -2.45. The zero-order chi connectivity index (χ0) is 13.1. The third kappa shape index (κ3) is 5.25. The maximum absolute atomic E-state index is 12.4. The fourth-order valence-corrected chi connectivity index (χ4v) is 2.29. The summed E-state index contributed by atoms with van der Waals surface area (Å²) in [5.74, 6) is 0.452. The molecule has 102 valence electrons. The smallest absolute Gasteiger partial charge is 0.312 e. The molecule has 0 bridgehead atoms.